The highest BCUT2D eigenvalue weighted by atomic mass is 35.5. The van der Waals surface area contributed by atoms with Gasteiger partial charge in [0.15, 0.2) is 6.10 Å². The van der Waals surface area contributed by atoms with E-state index in [9.17, 15) is 9.59 Å². The lowest BCUT2D eigenvalue weighted by Crippen LogP contribution is -2.30. The highest BCUT2D eigenvalue weighted by Crippen LogP contribution is 2.25. The summed E-state index contributed by atoms with van der Waals surface area (Å²) in [4.78, 5) is 24.4. The number of carbonyl (C=O) groups is 2. The molecule has 5 nitrogen and oxygen atoms in total. The van der Waals surface area contributed by atoms with E-state index in [-0.39, 0.29) is 28.5 Å². The van der Waals surface area contributed by atoms with Crippen molar-refractivity contribution >= 4 is 29.2 Å². The van der Waals surface area contributed by atoms with Gasteiger partial charge in [0.05, 0.1) is 17.2 Å². The minimum Gasteiger partial charge on any atom is -0.481 e. The van der Waals surface area contributed by atoms with Crippen LogP contribution in [0, 0.1) is 0 Å². The van der Waals surface area contributed by atoms with Crippen molar-refractivity contribution in [1.29, 1.82) is 0 Å². The third-order valence-electron chi connectivity index (χ3n) is 4.13. The molecule has 0 aliphatic rings. The van der Waals surface area contributed by atoms with Crippen molar-refractivity contribution in [3.8, 4) is 5.75 Å². The molecule has 0 saturated heterocycles. The molecular formula is C22H26ClNO4. The normalized spacial score (nSPS) is 12.2. The van der Waals surface area contributed by atoms with Crippen molar-refractivity contribution in [3.63, 3.8) is 0 Å². The lowest BCUT2D eigenvalue weighted by Gasteiger charge is -2.20. The molecule has 0 aliphatic heterocycles. The lowest BCUT2D eigenvalue weighted by molar-refractivity contribution is -0.122. The molecule has 2 aromatic rings. The van der Waals surface area contributed by atoms with E-state index >= 15 is 0 Å². The van der Waals surface area contributed by atoms with E-state index in [4.69, 9.17) is 21.1 Å². The number of rotatable bonds is 6. The number of benzene rings is 2. The summed E-state index contributed by atoms with van der Waals surface area (Å²) < 4.78 is 10.7. The van der Waals surface area contributed by atoms with Crippen molar-refractivity contribution in [2.75, 3.05) is 11.9 Å². The zero-order valence-electron chi connectivity index (χ0n) is 16.8. The van der Waals surface area contributed by atoms with Gasteiger partial charge in [-0.2, -0.15) is 0 Å². The van der Waals surface area contributed by atoms with Crippen molar-refractivity contribution < 1.29 is 19.1 Å². The van der Waals surface area contributed by atoms with Gasteiger partial charge in [-0.3, -0.25) is 4.79 Å². The number of amides is 1. The zero-order valence-corrected chi connectivity index (χ0v) is 17.6. The summed E-state index contributed by atoms with van der Waals surface area (Å²) in [5, 5.41) is 3.00. The third-order valence-corrected chi connectivity index (χ3v) is 4.46. The molecule has 150 valence electrons. The van der Waals surface area contributed by atoms with Crippen molar-refractivity contribution in [1.82, 2.24) is 0 Å². The van der Waals surface area contributed by atoms with E-state index in [1.807, 2.05) is 24.3 Å². The fraction of sp³-hybridized carbons (Fsp3) is 0.364. The second-order valence-corrected chi connectivity index (χ2v) is 7.85. The number of esters is 1. The lowest BCUT2D eigenvalue weighted by atomic mass is 9.87. The maximum atomic E-state index is 12.4. The quantitative estimate of drug-likeness (QED) is 0.671. The number of nitrogens with one attached hydrogen (secondary N) is 1. The Balaban J connectivity index is 2.04. The fourth-order valence-electron chi connectivity index (χ4n) is 2.50. The molecule has 1 N–H and O–H groups in total. The van der Waals surface area contributed by atoms with E-state index in [1.165, 1.54) is 11.6 Å². The average Bonchev–Trinajstić information content (AvgIpc) is 2.63. The number of ether oxygens (including phenoxy) is 2. The van der Waals surface area contributed by atoms with Crippen molar-refractivity contribution in [2.24, 2.45) is 0 Å². The molecule has 1 unspecified atom stereocenters. The second-order valence-electron chi connectivity index (χ2n) is 7.44. The first-order valence-electron chi connectivity index (χ1n) is 9.16. The Bertz CT molecular complexity index is 841. The number of hydrogen-bond donors (Lipinski definition) is 1. The molecule has 0 aromatic heterocycles. The van der Waals surface area contributed by atoms with Gasteiger partial charge >= 0.3 is 5.97 Å². The van der Waals surface area contributed by atoms with Crippen LogP contribution in [0.3, 0.4) is 0 Å². The standard InChI is InChI=1S/C22H26ClNO4/c1-6-27-21(26)18-13-16(9-12-19(18)23)24-20(25)14(2)28-17-10-7-15(8-11-17)22(3,4)5/h7-14H,6H2,1-5H3,(H,24,25). The molecule has 0 heterocycles. The van der Waals surface area contributed by atoms with Crippen LogP contribution < -0.4 is 10.1 Å². The van der Waals surface area contributed by atoms with Gasteiger partial charge in [-0.15, -0.1) is 0 Å². The fourth-order valence-corrected chi connectivity index (χ4v) is 2.70. The van der Waals surface area contributed by atoms with Crippen LogP contribution in [-0.4, -0.2) is 24.6 Å². The summed E-state index contributed by atoms with van der Waals surface area (Å²) in [6, 6.07) is 12.3. The molecule has 0 bridgehead atoms. The molecule has 1 amide bonds. The third kappa shape index (κ3) is 5.73. The number of carbonyl (C=O) groups excluding carboxylic acids is 2. The van der Waals surface area contributed by atoms with E-state index in [2.05, 4.69) is 26.1 Å². The van der Waals surface area contributed by atoms with Gasteiger partial charge in [-0.25, -0.2) is 4.79 Å². The highest BCUT2D eigenvalue weighted by Gasteiger charge is 2.18. The molecule has 6 heteroatoms. The monoisotopic (exact) mass is 403 g/mol. The molecule has 28 heavy (non-hydrogen) atoms. The van der Waals surface area contributed by atoms with Crippen LogP contribution in [0.25, 0.3) is 0 Å². The van der Waals surface area contributed by atoms with Crippen molar-refractivity contribution in [2.45, 2.75) is 46.1 Å². The largest absolute Gasteiger partial charge is 0.481 e. The van der Waals surface area contributed by atoms with E-state index in [1.54, 1.807) is 26.0 Å². The minimum atomic E-state index is -0.720. The van der Waals surface area contributed by atoms with Gasteiger partial charge in [-0.1, -0.05) is 44.5 Å². The van der Waals surface area contributed by atoms with Crippen LogP contribution in [0.1, 0.15) is 50.5 Å². The van der Waals surface area contributed by atoms with Crippen LogP contribution >= 0.6 is 11.6 Å². The molecule has 0 saturated carbocycles. The zero-order chi connectivity index (χ0) is 20.9. The molecule has 2 rings (SSSR count). The Labute approximate surface area is 171 Å². The summed E-state index contributed by atoms with van der Waals surface area (Å²) in [6.45, 7) is 10.0. The van der Waals surface area contributed by atoms with Crippen LogP contribution in [-0.2, 0) is 14.9 Å². The van der Waals surface area contributed by atoms with E-state index in [0.717, 1.165) is 0 Å². The Morgan fingerprint density at radius 1 is 1.11 bits per heavy atom. The van der Waals surface area contributed by atoms with Gasteiger partial charge in [0.2, 0.25) is 0 Å². The number of halogens is 1. The molecule has 2 aromatic carbocycles. The first kappa shape index (κ1) is 21.8. The summed E-state index contributed by atoms with van der Waals surface area (Å²) in [5.74, 6) is -0.261. The van der Waals surface area contributed by atoms with Crippen molar-refractivity contribution in [3.05, 3.63) is 58.6 Å². The first-order valence-corrected chi connectivity index (χ1v) is 9.54. The van der Waals surface area contributed by atoms with Gasteiger partial charge in [0.25, 0.3) is 5.91 Å². The van der Waals surface area contributed by atoms with Crippen LogP contribution in [0.15, 0.2) is 42.5 Å². The summed E-state index contributed by atoms with van der Waals surface area (Å²) in [5.41, 5.74) is 1.88. The SMILES string of the molecule is CCOC(=O)c1cc(NC(=O)C(C)Oc2ccc(C(C)(C)C)cc2)ccc1Cl. The summed E-state index contributed by atoms with van der Waals surface area (Å²) >= 11 is 6.04. The molecule has 0 fully saturated rings. The van der Waals surface area contributed by atoms with E-state index < -0.39 is 12.1 Å². The summed E-state index contributed by atoms with van der Waals surface area (Å²) in [7, 11) is 0. The number of anilines is 1. The highest BCUT2D eigenvalue weighted by molar-refractivity contribution is 6.33. The molecular weight excluding hydrogens is 378 g/mol. The number of hydrogen-bond acceptors (Lipinski definition) is 4. The maximum Gasteiger partial charge on any atom is 0.339 e. The molecule has 0 radical (unpaired) electrons. The Kier molecular flexibility index (Phi) is 7.08. The predicted molar refractivity (Wildman–Crippen MR) is 111 cm³/mol. The van der Waals surface area contributed by atoms with Gasteiger partial charge in [0.1, 0.15) is 5.75 Å². The summed E-state index contributed by atoms with van der Waals surface area (Å²) in [6.07, 6.45) is -0.720. The minimum absolute atomic E-state index is 0.0483. The topological polar surface area (TPSA) is 64.6 Å². The predicted octanol–water partition coefficient (Wildman–Crippen LogP) is 5.22. The van der Waals surface area contributed by atoms with E-state index in [0.29, 0.717) is 11.4 Å². The molecule has 0 spiro atoms. The molecule has 1 atom stereocenters. The van der Waals surface area contributed by atoms with Gasteiger partial charge in [0, 0.05) is 5.69 Å². The average molecular weight is 404 g/mol. The second kappa shape index (κ2) is 9.11. The Morgan fingerprint density at radius 2 is 1.75 bits per heavy atom. The van der Waals surface area contributed by atoms with Crippen LogP contribution in [0.4, 0.5) is 5.69 Å². The Hall–Kier alpha value is -2.53. The van der Waals surface area contributed by atoms with Crippen LogP contribution in [0.5, 0.6) is 5.75 Å². The van der Waals surface area contributed by atoms with Gasteiger partial charge < -0.3 is 14.8 Å². The maximum absolute atomic E-state index is 12.4. The van der Waals surface area contributed by atoms with Crippen LogP contribution in [0.2, 0.25) is 5.02 Å². The Morgan fingerprint density at radius 3 is 2.32 bits per heavy atom. The molecule has 0 aliphatic carbocycles. The first-order chi connectivity index (χ1) is 13.1. The van der Waals surface area contributed by atoms with Gasteiger partial charge in [-0.05, 0) is 55.2 Å². The smallest absolute Gasteiger partial charge is 0.339 e.